The zero-order valence-electron chi connectivity index (χ0n) is 22.7. The molecule has 0 saturated carbocycles. The molecule has 2 atom stereocenters. The Balaban J connectivity index is 1.62. The summed E-state index contributed by atoms with van der Waals surface area (Å²) in [5.74, 6) is -0.108. The normalized spacial score (nSPS) is 17.0. The van der Waals surface area contributed by atoms with Gasteiger partial charge in [0.05, 0.1) is 17.8 Å². The van der Waals surface area contributed by atoms with E-state index in [-0.39, 0.29) is 23.9 Å². The third-order valence-corrected chi connectivity index (χ3v) is 7.77. The van der Waals surface area contributed by atoms with E-state index in [9.17, 15) is 4.79 Å². The van der Waals surface area contributed by atoms with Gasteiger partial charge in [-0.1, -0.05) is 37.6 Å². The summed E-state index contributed by atoms with van der Waals surface area (Å²) < 4.78 is 2.23. The number of carbonyl (C=O) groups is 1. The predicted molar refractivity (Wildman–Crippen MR) is 163 cm³/mol. The highest BCUT2D eigenvalue weighted by molar-refractivity contribution is 7.80. The summed E-state index contributed by atoms with van der Waals surface area (Å²) in [4.78, 5) is 19.2. The molecule has 6 nitrogen and oxygen atoms in total. The van der Waals surface area contributed by atoms with Crippen LogP contribution in [0.1, 0.15) is 54.1 Å². The van der Waals surface area contributed by atoms with Crippen LogP contribution in [-0.2, 0) is 4.79 Å². The van der Waals surface area contributed by atoms with E-state index < -0.39 is 0 Å². The molecule has 8 heteroatoms. The Morgan fingerprint density at radius 2 is 1.82 bits per heavy atom. The first-order valence-electron chi connectivity index (χ1n) is 13.0. The minimum Gasteiger partial charge on any atom is -0.351 e. The number of nitrogens with one attached hydrogen (secondary N) is 2. The number of amides is 1. The van der Waals surface area contributed by atoms with E-state index in [0.717, 1.165) is 45.3 Å². The van der Waals surface area contributed by atoms with Crippen LogP contribution in [0.5, 0.6) is 0 Å². The SMILES string of the molecule is Cc1cc(N2C(=S)N[C@@H](c3ccccn3)[C@H]2c2cc(C)n(-c3cccc(Cl)c3)c2C)ccc1NC(=O)C(C)C. The molecule has 1 amide bonds. The van der Waals surface area contributed by atoms with Crippen molar-refractivity contribution in [3.8, 4) is 5.69 Å². The molecule has 0 unspecified atom stereocenters. The van der Waals surface area contributed by atoms with Gasteiger partial charge >= 0.3 is 0 Å². The number of aromatic nitrogens is 2. The fraction of sp³-hybridized carbons (Fsp3) is 0.258. The molecular weight excluding hydrogens is 526 g/mol. The van der Waals surface area contributed by atoms with Crippen LogP contribution in [0.3, 0.4) is 0 Å². The number of pyridine rings is 1. The number of thiocarbonyl (C=S) groups is 1. The molecule has 0 bridgehead atoms. The molecule has 0 radical (unpaired) electrons. The summed E-state index contributed by atoms with van der Waals surface area (Å²) in [5.41, 5.74) is 7.99. The van der Waals surface area contributed by atoms with Gasteiger partial charge in [-0.25, -0.2) is 0 Å². The van der Waals surface area contributed by atoms with Crippen molar-refractivity contribution in [2.45, 2.75) is 46.7 Å². The van der Waals surface area contributed by atoms with Crippen LogP contribution in [0.2, 0.25) is 5.02 Å². The average Bonchev–Trinajstić information content (AvgIpc) is 3.40. The van der Waals surface area contributed by atoms with Crippen molar-refractivity contribution in [1.82, 2.24) is 14.9 Å². The highest BCUT2D eigenvalue weighted by Crippen LogP contribution is 2.44. The van der Waals surface area contributed by atoms with Crippen molar-refractivity contribution in [1.29, 1.82) is 0 Å². The molecule has 0 spiro atoms. The summed E-state index contributed by atoms with van der Waals surface area (Å²) in [6, 6.07) is 21.8. The lowest BCUT2D eigenvalue weighted by molar-refractivity contribution is -0.118. The van der Waals surface area contributed by atoms with Gasteiger partial charge < -0.3 is 20.1 Å². The number of hydrogen-bond donors (Lipinski definition) is 2. The van der Waals surface area contributed by atoms with Crippen LogP contribution in [0, 0.1) is 26.7 Å². The Bertz CT molecular complexity index is 1550. The lowest BCUT2D eigenvalue weighted by Gasteiger charge is -2.29. The number of benzene rings is 2. The van der Waals surface area contributed by atoms with Crippen LogP contribution < -0.4 is 15.5 Å². The van der Waals surface area contributed by atoms with Gasteiger partial charge in [0.1, 0.15) is 0 Å². The topological polar surface area (TPSA) is 62.2 Å². The van der Waals surface area contributed by atoms with Crippen LogP contribution >= 0.6 is 23.8 Å². The van der Waals surface area contributed by atoms with Crippen LogP contribution in [-0.4, -0.2) is 20.6 Å². The van der Waals surface area contributed by atoms with Crippen LogP contribution in [0.25, 0.3) is 5.69 Å². The van der Waals surface area contributed by atoms with Crippen molar-refractivity contribution < 1.29 is 4.79 Å². The van der Waals surface area contributed by atoms with Gasteiger partial charge in [-0.15, -0.1) is 0 Å². The third-order valence-electron chi connectivity index (χ3n) is 7.22. The van der Waals surface area contributed by atoms with E-state index in [2.05, 4.69) is 57.1 Å². The minimum atomic E-state index is -0.160. The van der Waals surface area contributed by atoms with Gasteiger partial charge in [0.25, 0.3) is 0 Å². The maximum atomic E-state index is 12.3. The highest BCUT2D eigenvalue weighted by Gasteiger charge is 2.42. The van der Waals surface area contributed by atoms with Crippen molar-refractivity contribution in [3.63, 3.8) is 0 Å². The molecule has 1 aliphatic rings. The van der Waals surface area contributed by atoms with E-state index in [1.54, 1.807) is 0 Å². The molecule has 2 aromatic carbocycles. The van der Waals surface area contributed by atoms with Crippen LogP contribution in [0.15, 0.2) is 72.9 Å². The van der Waals surface area contributed by atoms with Crippen molar-refractivity contribution in [2.24, 2.45) is 5.92 Å². The molecule has 1 saturated heterocycles. The molecule has 39 heavy (non-hydrogen) atoms. The van der Waals surface area contributed by atoms with Gasteiger partial charge in [-0.2, -0.15) is 0 Å². The molecular formula is C31H32ClN5OS. The van der Waals surface area contributed by atoms with Gasteiger partial charge in [0.2, 0.25) is 5.91 Å². The quantitative estimate of drug-likeness (QED) is 0.245. The summed E-state index contributed by atoms with van der Waals surface area (Å²) in [5, 5.41) is 7.90. The molecule has 2 N–H and O–H groups in total. The number of anilines is 2. The Morgan fingerprint density at radius 1 is 1.03 bits per heavy atom. The van der Waals surface area contributed by atoms with E-state index >= 15 is 0 Å². The second-order valence-electron chi connectivity index (χ2n) is 10.3. The lowest BCUT2D eigenvalue weighted by Crippen LogP contribution is -2.29. The highest BCUT2D eigenvalue weighted by atomic mass is 35.5. The summed E-state index contributed by atoms with van der Waals surface area (Å²) >= 11 is 12.3. The van der Waals surface area contributed by atoms with Crippen molar-refractivity contribution in [2.75, 3.05) is 10.2 Å². The first-order chi connectivity index (χ1) is 18.7. The first kappa shape index (κ1) is 26.9. The molecule has 200 valence electrons. The number of carbonyl (C=O) groups excluding carboxylic acids is 1. The van der Waals surface area contributed by atoms with Gasteiger partial charge in [-0.3, -0.25) is 9.78 Å². The van der Waals surface area contributed by atoms with E-state index in [4.69, 9.17) is 23.8 Å². The Kier molecular flexibility index (Phi) is 7.47. The maximum Gasteiger partial charge on any atom is 0.226 e. The number of aryl methyl sites for hydroxylation is 2. The van der Waals surface area contributed by atoms with E-state index in [1.165, 1.54) is 0 Å². The fourth-order valence-corrected chi connectivity index (χ4v) is 5.79. The summed E-state index contributed by atoms with van der Waals surface area (Å²) in [6.07, 6.45) is 1.81. The van der Waals surface area contributed by atoms with E-state index in [0.29, 0.717) is 10.1 Å². The summed E-state index contributed by atoms with van der Waals surface area (Å²) in [7, 11) is 0. The number of halogens is 1. The van der Waals surface area contributed by atoms with Gasteiger partial charge in [0, 0.05) is 45.6 Å². The Hall–Kier alpha value is -3.68. The minimum absolute atomic E-state index is 0.00856. The first-order valence-corrected chi connectivity index (χ1v) is 13.8. The molecule has 0 aliphatic carbocycles. The number of nitrogens with zero attached hydrogens (tertiary/aromatic N) is 3. The zero-order chi connectivity index (χ0) is 27.8. The van der Waals surface area contributed by atoms with Crippen molar-refractivity contribution >= 4 is 46.2 Å². The molecule has 3 heterocycles. The molecule has 1 fully saturated rings. The number of hydrogen-bond acceptors (Lipinski definition) is 3. The smallest absolute Gasteiger partial charge is 0.226 e. The van der Waals surface area contributed by atoms with Gasteiger partial charge in [0.15, 0.2) is 5.11 Å². The second-order valence-corrected chi connectivity index (χ2v) is 11.1. The lowest BCUT2D eigenvalue weighted by atomic mass is 9.96. The second kappa shape index (κ2) is 10.8. The predicted octanol–water partition coefficient (Wildman–Crippen LogP) is 7.22. The van der Waals surface area contributed by atoms with Gasteiger partial charge in [-0.05, 0) is 98.7 Å². The summed E-state index contributed by atoms with van der Waals surface area (Å²) in [6.45, 7) is 10.0. The fourth-order valence-electron chi connectivity index (χ4n) is 5.26. The number of rotatable bonds is 6. The Labute approximate surface area is 240 Å². The molecule has 2 aromatic heterocycles. The third kappa shape index (κ3) is 5.16. The monoisotopic (exact) mass is 557 g/mol. The standard InChI is InChI=1S/C31H32ClN5OS/c1-18(2)30(38)34-26-13-12-24(15-19(26)3)37-29(28(35-31(37)39)27-11-6-7-14-33-27)25-16-20(4)36(21(25)5)23-10-8-9-22(32)17-23/h6-18,28-29H,1-5H3,(H,34,38)(H,35,39)/t28-,29+/m0/s1. The molecule has 4 aromatic rings. The molecule has 1 aliphatic heterocycles. The largest absolute Gasteiger partial charge is 0.351 e. The molecule has 5 rings (SSSR count). The zero-order valence-corrected chi connectivity index (χ0v) is 24.3. The van der Waals surface area contributed by atoms with Crippen molar-refractivity contribution in [3.05, 3.63) is 106 Å². The Morgan fingerprint density at radius 3 is 2.49 bits per heavy atom. The van der Waals surface area contributed by atoms with E-state index in [1.807, 2.05) is 75.5 Å². The maximum absolute atomic E-state index is 12.3. The average molecular weight is 558 g/mol. The van der Waals surface area contributed by atoms with Crippen LogP contribution in [0.4, 0.5) is 11.4 Å².